The first-order valence-electron chi connectivity index (χ1n) is 7.31. The molecule has 0 heterocycles. The van der Waals surface area contributed by atoms with Gasteiger partial charge >= 0.3 is 5.97 Å². The highest BCUT2D eigenvalue weighted by molar-refractivity contribution is 5.96. The summed E-state index contributed by atoms with van der Waals surface area (Å²) in [4.78, 5) is 22.8. The summed E-state index contributed by atoms with van der Waals surface area (Å²) in [6, 6.07) is 14.8. The molecule has 0 spiro atoms. The molecule has 0 aliphatic carbocycles. The Balaban J connectivity index is 2.09. The van der Waals surface area contributed by atoms with Gasteiger partial charge in [0, 0.05) is 18.9 Å². The van der Waals surface area contributed by atoms with Crippen LogP contribution >= 0.6 is 0 Å². The highest BCUT2D eigenvalue weighted by Crippen LogP contribution is 2.23. The molecule has 0 unspecified atom stereocenters. The van der Waals surface area contributed by atoms with E-state index in [9.17, 15) is 9.59 Å². The van der Waals surface area contributed by atoms with Gasteiger partial charge in [-0.05, 0) is 29.7 Å². The Bertz CT molecular complexity index is 639. The number of hydrogen-bond donors (Lipinski definition) is 0. The number of ketones is 1. The maximum atomic E-state index is 11.9. The number of carbonyl (C=O) groups excluding carboxylic acids is 2. The minimum absolute atomic E-state index is 0.153. The predicted molar refractivity (Wildman–Crippen MR) is 86.7 cm³/mol. The van der Waals surface area contributed by atoms with Gasteiger partial charge in [-0.2, -0.15) is 0 Å². The van der Waals surface area contributed by atoms with E-state index in [0.29, 0.717) is 12.2 Å². The summed E-state index contributed by atoms with van der Waals surface area (Å²) in [5.74, 6) is 0.342. The molecule has 3 nitrogen and oxygen atoms in total. The van der Waals surface area contributed by atoms with Gasteiger partial charge in [0.1, 0.15) is 5.75 Å². The van der Waals surface area contributed by atoms with E-state index in [1.54, 1.807) is 12.1 Å². The van der Waals surface area contributed by atoms with Crippen molar-refractivity contribution >= 4 is 11.8 Å². The predicted octanol–water partition coefficient (Wildman–Crippen LogP) is 4.47. The molecule has 0 bridgehead atoms. The Labute approximate surface area is 130 Å². The molecule has 22 heavy (non-hydrogen) atoms. The molecule has 2 aromatic carbocycles. The maximum absolute atomic E-state index is 11.9. The van der Waals surface area contributed by atoms with Crippen molar-refractivity contribution in [3.63, 3.8) is 0 Å². The SMILES string of the molecule is [CH2]CCCC(=O)c1ccc(-c2ccc(OC(C)=O)cc2)cc1. The second kappa shape index (κ2) is 7.55. The molecule has 0 atom stereocenters. The third-order valence-corrected chi connectivity index (χ3v) is 3.31. The monoisotopic (exact) mass is 295 g/mol. The minimum Gasteiger partial charge on any atom is -0.427 e. The smallest absolute Gasteiger partial charge is 0.308 e. The van der Waals surface area contributed by atoms with Crippen LogP contribution in [0.1, 0.15) is 36.5 Å². The highest BCUT2D eigenvalue weighted by atomic mass is 16.5. The number of benzene rings is 2. The molecule has 0 aliphatic heterocycles. The van der Waals surface area contributed by atoms with Crippen LogP contribution in [0, 0.1) is 6.92 Å². The van der Waals surface area contributed by atoms with E-state index < -0.39 is 0 Å². The van der Waals surface area contributed by atoms with Crippen LogP contribution in [0.3, 0.4) is 0 Å². The zero-order valence-electron chi connectivity index (χ0n) is 12.7. The summed E-state index contributed by atoms with van der Waals surface area (Å²) < 4.78 is 5.00. The van der Waals surface area contributed by atoms with Crippen molar-refractivity contribution in [1.82, 2.24) is 0 Å². The highest BCUT2D eigenvalue weighted by Gasteiger charge is 2.06. The summed E-state index contributed by atoms with van der Waals surface area (Å²) in [5, 5.41) is 0. The Morgan fingerprint density at radius 1 is 0.955 bits per heavy atom. The summed E-state index contributed by atoms with van der Waals surface area (Å²) in [5.41, 5.74) is 2.75. The molecular formula is C19H19O3. The number of Topliss-reactive ketones (excluding diaryl/α,β-unsaturated/α-hetero) is 1. The van der Waals surface area contributed by atoms with Crippen molar-refractivity contribution in [2.45, 2.75) is 26.2 Å². The van der Waals surface area contributed by atoms with Crippen molar-refractivity contribution in [3.8, 4) is 16.9 Å². The van der Waals surface area contributed by atoms with Gasteiger partial charge in [-0.15, -0.1) is 0 Å². The lowest BCUT2D eigenvalue weighted by Crippen LogP contribution is -2.00. The molecule has 0 aliphatic rings. The van der Waals surface area contributed by atoms with Crippen LogP contribution in [0.4, 0.5) is 0 Å². The number of unbranched alkanes of at least 4 members (excludes halogenated alkanes) is 1. The van der Waals surface area contributed by atoms with Crippen molar-refractivity contribution in [1.29, 1.82) is 0 Å². The van der Waals surface area contributed by atoms with E-state index in [0.717, 1.165) is 29.5 Å². The summed E-state index contributed by atoms with van der Waals surface area (Å²) >= 11 is 0. The molecule has 113 valence electrons. The third kappa shape index (κ3) is 4.29. The summed E-state index contributed by atoms with van der Waals surface area (Å²) in [7, 11) is 0. The first-order valence-corrected chi connectivity index (χ1v) is 7.31. The van der Waals surface area contributed by atoms with E-state index in [1.807, 2.05) is 36.4 Å². The van der Waals surface area contributed by atoms with Crippen LogP contribution in [0.25, 0.3) is 11.1 Å². The Morgan fingerprint density at radius 2 is 1.50 bits per heavy atom. The van der Waals surface area contributed by atoms with E-state index >= 15 is 0 Å². The van der Waals surface area contributed by atoms with Crippen molar-refractivity contribution in [2.75, 3.05) is 0 Å². The molecule has 0 fully saturated rings. The van der Waals surface area contributed by atoms with Gasteiger partial charge in [0.15, 0.2) is 5.78 Å². The number of hydrogen-bond acceptors (Lipinski definition) is 3. The molecule has 2 aromatic rings. The van der Waals surface area contributed by atoms with Gasteiger partial charge in [0.2, 0.25) is 0 Å². The lowest BCUT2D eigenvalue weighted by atomic mass is 10.0. The van der Waals surface area contributed by atoms with Crippen molar-refractivity contribution < 1.29 is 14.3 Å². The quantitative estimate of drug-likeness (QED) is 0.449. The first kappa shape index (κ1) is 16.0. The number of ether oxygens (including phenoxy) is 1. The van der Waals surface area contributed by atoms with Crippen molar-refractivity contribution in [3.05, 3.63) is 61.0 Å². The van der Waals surface area contributed by atoms with Crippen LogP contribution in [-0.2, 0) is 4.79 Å². The molecule has 1 radical (unpaired) electrons. The minimum atomic E-state index is -0.335. The fourth-order valence-corrected chi connectivity index (χ4v) is 2.16. The van der Waals surface area contributed by atoms with Gasteiger partial charge in [-0.1, -0.05) is 49.7 Å². The average Bonchev–Trinajstić information content (AvgIpc) is 2.53. The van der Waals surface area contributed by atoms with Crippen LogP contribution in [0.15, 0.2) is 48.5 Å². The van der Waals surface area contributed by atoms with Gasteiger partial charge < -0.3 is 4.74 Å². The maximum Gasteiger partial charge on any atom is 0.308 e. The molecule has 0 aromatic heterocycles. The lowest BCUT2D eigenvalue weighted by Gasteiger charge is -2.06. The summed E-state index contributed by atoms with van der Waals surface area (Å²) in [6.45, 7) is 5.12. The molecule has 2 rings (SSSR count). The Kier molecular flexibility index (Phi) is 5.48. The van der Waals surface area contributed by atoms with Crippen LogP contribution in [0.5, 0.6) is 5.75 Å². The topological polar surface area (TPSA) is 43.4 Å². The fraction of sp³-hybridized carbons (Fsp3) is 0.211. The molecule has 3 heteroatoms. The van der Waals surface area contributed by atoms with Gasteiger partial charge in [0.05, 0.1) is 0 Å². The zero-order chi connectivity index (χ0) is 15.9. The molecular weight excluding hydrogens is 276 g/mol. The average molecular weight is 295 g/mol. The molecule has 0 amide bonds. The van der Waals surface area contributed by atoms with E-state index in [4.69, 9.17) is 4.74 Å². The van der Waals surface area contributed by atoms with Crippen LogP contribution < -0.4 is 4.74 Å². The number of rotatable bonds is 6. The van der Waals surface area contributed by atoms with Gasteiger partial charge in [0.25, 0.3) is 0 Å². The molecule has 0 saturated carbocycles. The Morgan fingerprint density at radius 3 is 2.00 bits per heavy atom. The van der Waals surface area contributed by atoms with E-state index in [2.05, 4.69) is 6.92 Å². The first-order chi connectivity index (χ1) is 10.6. The molecule has 0 saturated heterocycles. The second-order valence-corrected chi connectivity index (χ2v) is 5.08. The van der Waals surface area contributed by atoms with Crippen LogP contribution in [-0.4, -0.2) is 11.8 Å². The van der Waals surface area contributed by atoms with Crippen LogP contribution in [0.2, 0.25) is 0 Å². The largest absolute Gasteiger partial charge is 0.427 e. The molecule has 0 N–H and O–H groups in total. The number of esters is 1. The number of carbonyl (C=O) groups is 2. The van der Waals surface area contributed by atoms with E-state index in [-0.39, 0.29) is 11.8 Å². The van der Waals surface area contributed by atoms with Crippen molar-refractivity contribution in [2.24, 2.45) is 0 Å². The summed E-state index contributed by atoms with van der Waals surface area (Å²) in [6.07, 6.45) is 2.14. The lowest BCUT2D eigenvalue weighted by molar-refractivity contribution is -0.131. The van der Waals surface area contributed by atoms with E-state index in [1.165, 1.54) is 6.92 Å². The standard InChI is InChI=1S/C19H19O3/c1-3-4-5-19(21)17-8-6-15(7-9-17)16-10-12-18(13-11-16)22-14(2)20/h6-13H,1,3-5H2,2H3. The zero-order valence-corrected chi connectivity index (χ0v) is 12.7. The third-order valence-electron chi connectivity index (χ3n) is 3.31. The Hall–Kier alpha value is -2.42. The van der Waals surface area contributed by atoms with Gasteiger partial charge in [-0.25, -0.2) is 0 Å². The fourth-order valence-electron chi connectivity index (χ4n) is 2.16. The normalized spacial score (nSPS) is 10.3. The second-order valence-electron chi connectivity index (χ2n) is 5.08. The van der Waals surface area contributed by atoms with Gasteiger partial charge in [-0.3, -0.25) is 9.59 Å².